The van der Waals surface area contributed by atoms with Crippen LogP contribution in [0.3, 0.4) is 0 Å². The molecule has 0 radical (unpaired) electrons. The molecule has 4 fully saturated rings. The zero-order valence-electron chi connectivity index (χ0n) is 13.2. The second-order valence-corrected chi connectivity index (χ2v) is 7.93. The largest absolute Gasteiger partial charge is 0.481 e. The van der Waals surface area contributed by atoms with Gasteiger partial charge in [0.1, 0.15) is 0 Å². The number of carbonyl (C=O) groups excluding carboxylic acids is 1. The number of amides is 1. The molecule has 0 unspecified atom stereocenters. The Labute approximate surface area is 126 Å². The summed E-state index contributed by atoms with van der Waals surface area (Å²) < 4.78 is 0. The number of carboxylic acid groups (broad SMARTS) is 1. The molecule has 0 aliphatic heterocycles. The van der Waals surface area contributed by atoms with E-state index >= 15 is 0 Å². The van der Waals surface area contributed by atoms with Gasteiger partial charge in [-0.3, -0.25) is 9.59 Å². The lowest BCUT2D eigenvalue weighted by Crippen LogP contribution is -2.56. The summed E-state index contributed by atoms with van der Waals surface area (Å²) in [6, 6.07) is 0.0878. The number of hydrogen-bond donors (Lipinski definition) is 1. The maximum absolute atomic E-state index is 13.2. The van der Waals surface area contributed by atoms with Crippen molar-refractivity contribution in [1.82, 2.24) is 4.90 Å². The molecule has 118 valence electrons. The van der Waals surface area contributed by atoms with Crippen LogP contribution in [-0.2, 0) is 9.59 Å². The van der Waals surface area contributed by atoms with Crippen molar-refractivity contribution in [3.05, 3.63) is 0 Å². The van der Waals surface area contributed by atoms with E-state index in [0.29, 0.717) is 6.54 Å². The summed E-state index contributed by atoms with van der Waals surface area (Å²) in [6.07, 6.45) is 7.17. The van der Waals surface area contributed by atoms with Gasteiger partial charge in [0.15, 0.2) is 0 Å². The Morgan fingerprint density at radius 1 is 1.10 bits per heavy atom. The van der Waals surface area contributed by atoms with Crippen molar-refractivity contribution in [1.29, 1.82) is 0 Å². The van der Waals surface area contributed by atoms with Gasteiger partial charge in [0.25, 0.3) is 0 Å². The van der Waals surface area contributed by atoms with E-state index < -0.39 is 5.97 Å². The fourth-order valence-electron chi connectivity index (χ4n) is 5.49. The Bertz CT molecular complexity index is 408. The standard InChI is InChI=1S/C17H27NO3/c1-11(2)18(4-3-15(19)20)16(21)17-8-12-5-13(9-17)7-14(6-12)10-17/h11-14H,3-10H2,1-2H3,(H,19,20). The molecule has 1 amide bonds. The fraction of sp³-hybridized carbons (Fsp3) is 0.882. The molecule has 4 saturated carbocycles. The van der Waals surface area contributed by atoms with E-state index in [1.807, 2.05) is 18.7 Å². The Kier molecular flexibility index (Phi) is 3.74. The van der Waals surface area contributed by atoms with Crippen LogP contribution >= 0.6 is 0 Å². The zero-order valence-corrected chi connectivity index (χ0v) is 13.2. The van der Waals surface area contributed by atoms with Crippen LogP contribution in [-0.4, -0.2) is 34.5 Å². The molecule has 4 nitrogen and oxygen atoms in total. The predicted octanol–water partition coefficient (Wildman–Crippen LogP) is 2.91. The third-order valence-electron chi connectivity index (χ3n) is 5.94. The average molecular weight is 293 g/mol. The van der Waals surface area contributed by atoms with Crippen LogP contribution < -0.4 is 0 Å². The highest BCUT2D eigenvalue weighted by Crippen LogP contribution is 2.60. The molecule has 4 rings (SSSR count). The number of nitrogens with zero attached hydrogens (tertiary/aromatic N) is 1. The fourth-order valence-corrected chi connectivity index (χ4v) is 5.49. The van der Waals surface area contributed by atoms with Gasteiger partial charge in [-0.05, 0) is 70.1 Å². The highest BCUT2D eigenvalue weighted by Gasteiger charge is 2.55. The van der Waals surface area contributed by atoms with Crippen LogP contribution in [0.25, 0.3) is 0 Å². The van der Waals surface area contributed by atoms with Gasteiger partial charge in [0, 0.05) is 12.6 Å². The maximum Gasteiger partial charge on any atom is 0.305 e. The molecule has 0 heterocycles. The lowest BCUT2D eigenvalue weighted by atomic mass is 9.49. The van der Waals surface area contributed by atoms with E-state index in [1.54, 1.807) is 0 Å². The van der Waals surface area contributed by atoms with E-state index in [9.17, 15) is 9.59 Å². The van der Waals surface area contributed by atoms with Gasteiger partial charge < -0.3 is 10.0 Å². The summed E-state index contributed by atoms with van der Waals surface area (Å²) in [7, 11) is 0. The number of aliphatic carboxylic acids is 1. The first-order valence-electron chi connectivity index (χ1n) is 8.42. The van der Waals surface area contributed by atoms with Crippen LogP contribution in [0.1, 0.15) is 58.8 Å². The molecule has 0 atom stereocenters. The number of carboxylic acids is 1. The SMILES string of the molecule is CC(C)N(CCC(=O)O)C(=O)C12CC3CC(CC(C3)C1)C2. The molecule has 4 heteroatoms. The van der Waals surface area contributed by atoms with Crippen molar-refractivity contribution in [2.45, 2.75) is 64.8 Å². The molecule has 4 bridgehead atoms. The average Bonchev–Trinajstić information content (AvgIpc) is 2.36. The molecular formula is C17H27NO3. The zero-order chi connectivity index (χ0) is 15.2. The Hall–Kier alpha value is -1.06. The van der Waals surface area contributed by atoms with Crippen molar-refractivity contribution < 1.29 is 14.7 Å². The highest BCUT2D eigenvalue weighted by atomic mass is 16.4. The van der Waals surface area contributed by atoms with Crippen molar-refractivity contribution in [3.63, 3.8) is 0 Å². The molecule has 0 aromatic heterocycles. The Balaban J connectivity index is 1.77. The third kappa shape index (κ3) is 2.69. The minimum Gasteiger partial charge on any atom is -0.481 e. The number of hydrogen-bond acceptors (Lipinski definition) is 2. The van der Waals surface area contributed by atoms with Gasteiger partial charge in [-0.1, -0.05) is 0 Å². The minimum absolute atomic E-state index is 0.0519. The van der Waals surface area contributed by atoms with Gasteiger partial charge in [-0.2, -0.15) is 0 Å². The van der Waals surface area contributed by atoms with Crippen LogP contribution in [0.2, 0.25) is 0 Å². The monoisotopic (exact) mass is 293 g/mol. The summed E-state index contributed by atoms with van der Waals surface area (Å²) in [6.45, 7) is 4.36. The van der Waals surface area contributed by atoms with E-state index in [4.69, 9.17) is 5.11 Å². The van der Waals surface area contributed by atoms with Gasteiger partial charge in [0.2, 0.25) is 5.91 Å². The first-order chi connectivity index (χ1) is 9.89. The van der Waals surface area contributed by atoms with Gasteiger partial charge >= 0.3 is 5.97 Å². The summed E-state index contributed by atoms with van der Waals surface area (Å²) in [5, 5.41) is 8.92. The van der Waals surface area contributed by atoms with Crippen molar-refractivity contribution in [2.24, 2.45) is 23.2 Å². The second-order valence-electron chi connectivity index (χ2n) is 7.93. The lowest BCUT2D eigenvalue weighted by Gasteiger charge is -2.57. The summed E-state index contributed by atoms with van der Waals surface area (Å²) >= 11 is 0. The number of rotatable bonds is 5. The van der Waals surface area contributed by atoms with Crippen molar-refractivity contribution >= 4 is 11.9 Å². The smallest absolute Gasteiger partial charge is 0.305 e. The predicted molar refractivity (Wildman–Crippen MR) is 79.7 cm³/mol. The maximum atomic E-state index is 13.2. The molecule has 0 saturated heterocycles. The van der Waals surface area contributed by atoms with Gasteiger partial charge in [-0.25, -0.2) is 0 Å². The van der Waals surface area contributed by atoms with Gasteiger partial charge in [0.05, 0.1) is 11.8 Å². The quantitative estimate of drug-likeness (QED) is 0.848. The number of carbonyl (C=O) groups is 2. The molecule has 21 heavy (non-hydrogen) atoms. The Morgan fingerprint density at radius 3 is 1.95 bits per heavy atom. The van der Waals surface area contributed by atoms with Gasteiger partial charge in [-0.15, -0.1) is 0 Å². The topological polar surface area (TPSA) is 57.6 Å². The normalized spacial score (nSPS) is 37.0. The Morgan fingerprint density at radius 2 is 1.57 bits per heavy atom. The lowest BCUT2D eigenvalue weighted by molar-refractivity contribution is -0.160. The molecule has 0 aromatic rings. The summed E-state index contributed by atoms with van der Waals surface area (Å²) in [4.78, 5) is 25.9. The molecule has 1 N–H and O–H groups in total. The van der Waals surface area contributed by atoms with Crippen molar-refractivity contribution in [2.75, 3.05) is 6.54 Å². The first-order valence-corrected chi connectivity index (χ1v) is 8.42. The molecule has 4 aliphatic rings. The molecule has 0 aromatic carbocycles. The highest BCUT2D eigenvalue weighted by molar-refractivity contribution is 5.84. The van der Waals surface area contributed by atoms with Crippen LogP contribution in [0.5, 0.6) is 0 Å². The third-order valence-corrected chi connectivity index (χ3v) is 5.94. The van der Waals surface area contributed by atoms with E-state index in [-0.39, 0.29) is 23.8 Å². The van der Waals surface area contributed by atoms with Crippen LogP contribution in [0.15, 0.2) is 0 Å². The molecular weight excluding hydrogens is 266 g/mol. The molecule has 4 aliphatic carbocycles. The van der Waals surface area contributed by atoms with E-state index in [2.05, 4.69) is 0 Å². The molecule has 0 spiro atoms. The second kappa shape index (κ2) is 5.29. The van der Waals surface area contributed by atoms with Crippen molar-refractivity contribution in [3.8, 4) is 0 Å². The van der Waals surface area contributed by atoms with E-state index in [0.717, 1.165) is 37.0 Å². The van der Waals surface area contributed by atoms with E-state index in [1.165, 1.54) is 19.3 Å². The van der Waals surface area contributed by atoms with Crippen LogP contribution in [0, 0.1) is 23.2 Å². The summed E-state index contributed by atoms with van der Waals surface area (Å²) in [5.74, 6) is 1.66. The minimum atomic E-state index is -0.820. The summed E-state index contributed by atoms with van der Waals surface area (Å²) in [5.41, 5.74) is -0.155. The first kappa shape index (κ1) is 14.9. The van der Waals surface area contributed by atoms with Crippen LogP contribution in [0.4, 0.5) is 0 Å².